The Hall–Kier alpha value is -0.340. The van der Waals surface area contributed by atoms with E-state index in [4.69, 9.17) is 9.76 Å². The van der Waals surface area contributed by atoms with Crippen molar-refractivity contribution < 1.29 is 15.9 Å². The molecule has 0 aromatic rings. The third-order valence-corrected chi connectivity index (χ3v) is 0. The van der Waals surface area contributed by atoms with Crippen molar-refractivity contribution in [3.63, 3.8) is 0 Å². The van der Waals surface area contributed by atoms with Crippen LogP contribution in [0.3, 0.4) is 0 Å². The van der Waals surface area contributed by atoms with Crippen LogP contribution in [0.2, 0.25) is 0 Å². The summed E-state index contributed by atoms with van der Waals surface area (Å²) in [4.78, 5) is 0. The molecular formula is C5H16O3. The van der Waals surface area contributed by atoms with E-state index < -0.39 is 0 Å². The molecule has 0 radical (unpaired) electrons. The smallest absolute Gasteiger partial charge is 0 e. The quantitative estimate of drug-likeness (QED) is 0.382. The van der Waals surface area contributed by atoms with Gasteiger partial charge in [-0.25, -0.2) is 0 Å². The first kappa shape index (κ1) is 25.4. The standard InChI is InChI=1S/C2H6O.CH4O.CO.CH4.H2/c1-3-2;2*1-2;;/h1-2H3;2H,1H3;;1H4;1H. The van der Waals surface area contributed by atoms with Gasteiger partial charge in [-0.15, -0.1) is 0 Å². The van der Waals surface area contributed by atoms with Crippen molar-refractivity contribution in [2.75, 3.05) is 21.3 Å². The Labute approximate surface area is 52.5 Å². The minimum absolute atomic E-state index is 0. The molecule has 0 aromatic heterocycles. The minimum Gasteiger partial charge on any atom is 0 e. The van der Waals surface area contributed by atoms with E-state index in [2.05, 4.69) is 11.4 Å². The summed E-state index contributed by atoms with van der Waals surface area (Å²) in [5.41, 5.74) is 0. The second-order valence-electron chi connectivity index (χ2n) is 0.408. The van der Waals surface area contributed by atoms with Gasteiger partial charge in [0.05, 0.1) is 0 Å². The van der Waals surface area contributed by atoms with Crippen LogP contribution in [0.15, 0.2) is 0 Å². The SMILES string of the molecule is C.CO.COC.[C-]#[O+].[HH]. The Balaban J connectivity index is -0.00000000825. The Bertz CT molecular complexity index is 23.4. The molecule has 0 aliphatic rings. The first-order valence-corrected chi connectivity index (χ1v) is 1.47. The van der Waals surface area contributed by atoms with Crippen molar-refractivity contribution in [3.05, 3.63) is 6.65 Å². The van der Waals surface area contributed by atoms with Crippen molar-refractivity contribution in [1.29, 1.82) is 0 Å². The zero-order chi connectivity index (χ0) is 6.71. The summed E-state index contributed by atoms with van der Waals surface area (Å²) in [7, 11) is 4.25. The molecule has 0 unspecified atom stereocenters. The molecule has 0 saturated carbocycles. The summed E-state index contributed by atoms with van der Waals surface area (Å²) in [5, 5.41) is 7.00. The average Bonchev–Trinajstić information content (AvgIpc) is 1.78. The number of hydrogen-bond donors (Lipinski definition) is 1. The summed E-state index contributed by atoms with van der Waals surface area (Å²) in [6, 6.07) is 0. The third kappa shape index (κ3) is 1060. The van der Waals surface area contributed by atoms with E-state index in [0.717, 1.165) is 7.11 Å². The van der Waals surface area contributed by atoms with Crippen LogP contribution in [0, 0.1) is 6.65 Å². The van der Waals surface area contributed by atoms with E-state index in [1.807, 2.05) is 0 Å². The van der Waals surface area contributed by atoms with Crippen molar-refractivity contribution in [2.24, 2.45) is 0 Å². The maximum atomic E-state index is 7.50. The van der Waals surface area contributed by atoms with Gasteiger partial charge in [0, 0.05) is 22.8 Å². The largest absolute Gasteiger partial charge is 0 e. The maximum Gasteiger partial charge on any atom is 0 e. The molecular weight excluding hydrogens is 108 g/mol. The topological polar surface area (TPSA) is 49.4 Å². The van der Waals surface area contributed by atoms with Gasteiger partial charge in [-0.1, -0.05) is 7.43 Å². The van der Waals surface area contributed by atoms with E-state index in [1.165, 1.54) is 0 Å². The molecule has 3 nitrogen and oxygen atoms in total. The van der Waals surface area contributed by atoms with E-state index in [9.17, 15) is 0 Å². The molecule has 0 saturated heterocycles. The summed E-state index contributed by atoms with van der Waals surface area (Å²) in [6.07, 6.45) is 0. The average molecular weight is 124 g/mol. The van der Waals surface area contributed by atoms with Gasteiger partial charge in [-0.3, -0.25) is 0 Å². The summed E-state index contributed by atoms with van der Waals surface area (Å²) >= 11 is 0. The van der Waals surface area contributed by atoms with E-state index in [-0.39, 0.29) is 8.85 Å². The molecule has 0 spiro atoms. The molecule has 1 N–H and O–H groups in total. The van der Waals surface area contributed by atoms with Crippen LogP contribution >= 0.6 is 0 Å². The van der Waals surface area contributed by atoms with Gasteiger partial charge < -0.3 is 9.84 Å². The van der Waals surface area contributed by atoms with Crippen LogP contribution in [0.5, 0.6) is 0 Å². The zero-order valence-corrected chi connectivity index (χ0v) is 4.76. The fourth-order valence-corrected chi connectivity index (χ4v) is 0. The van der Waals surface area contributed by atoms with Crippen molar-refractivity contribution in [1.82, 2.24) is 0 Å². The van der Waals surface area contributed by atoms with E-state index >= 15 is 0 Å². The molecule has 54 valence electrons. The number of aliphatic hydroxyl groups excluding tert-OH is 1. The molecule has 0 aromatic carbocycles. The van der Waals surface area contributed by atoms with Crippen LogP contribution < -0.4 is 0 Å². The molecule has 0 aliphatic heterocycles. The second kappa shape index (κ2) is 490. The second-order valence-corrected chi connectivity index (χ2v) is 0.408. The van der Waals surface area contributed by atoms with Gasteiger partial charge in [-0.05, 0) is 0 Å². The van der Waals surface area contributed by atoms with Crippen molar-refractivity contribution in [2.45, 2.75) is 7.43 Å². The number of methoxy groups -OCH3 is 1. The predicted octanol–water partition coefficient (Wildman–Crippen LogP) is 0.716. The number of aliphatic hydroxyl groups is 1. The molecule has 8 heavy (non-hydrogen) atoms. The molecule has 0 amide bonds. The minimum atomic E-state index is 0. The Morgan fingerprint density at radius 3 is 1.38 bits per heavy atom. The van der Waals surface area contributed by atoms with Crippen LogP contribution in [0.4, 0.5) is 0 Å². The van der Waals surface area contributed by atoms with Crippen LogP contribution in [0.25, 0.3) is 0 Å². The first-order valence-electron chi connectivity index (χ1n) is 1.47. The Morgan fingerprint density at radius 2 is 1.38 bits per heavy atom. The van der Waals surface area contributed by atoms with Gasteiger partial charge >= 0.3 is 11.3 Å². The molecule has 0 aliphatic carbocycles. The summed E-state index contributed by atoms with van der Waals surface area (Å²) in [5.74, 6) is 0. The summed E-state index contributed by atoms with van der Waals surface area (Å²) in [6.45, 7) is 4.50. The molecule has 0 rings (SSSR count). The number of ether oxygens (including phenoxy) is 1. The maximum absolute atomic E-state index is 7.50. The Kier molecular flexibility index (Phi) is 1550. The normalized spacial score (nSPS) is 3.25. The van der Waals surface area contributed by atoms with Crippen LogP contribution in [-0.2, 0) is 9.39 Å². The first-order chi connectivity index (χ1) is 3.41. The predicted molar refractivity (Wildman–Crippen MR) is 33.9 cm³/mol. The van der Waals surface area contributed by atoms with Gasteiger partial charge in [0.25, 0.3) is 0 Å². The van der Waals surface area contributed by atoms with E-state index in [1.54, 1.807) is 14.2 Å². The molecule has 0 bridgehead atoms. The van der Waals surface area contributed by atoms with Gasteiger partial charge in [0.1, 0.15) is 0 Å². The van der Waals surface area contributed by atoms with Gasteiger partial charge in [-0.2, -0.15) is 0 Å². The fraction of sp³-hybridized carbons (Fsp3) is 0.800. The molecule has 3 heteroatoms. The zero-order valence-electron chi connectivity index (χ0n) is 4.76. The monoisotopic (exact) mass is 124 g/mol. The van der Waals surface area contributed by atoms with Crippen LogP contribution in [0.1, 0.15) is 8.85 Å². The summed E-state index contributed by atoms with van der Waals surface area (Å²) < 4.78 is 11.8. The van der Waals surface area contributed by atoms with Gasteiger partial charge in [0.2, 0.25) is 0 Å². The van der Waals surface area contributed by atoms with E-state index in [0.29, 0.717) is 0 Å². The van der Waals surface area contributed by atoms with Gasteiger partial charge in [0.15, 0.2) is 0 Å². The fourth-order valence-electron chi connectivity index (χ4n) is 0. The number of rotatable bonds is 0. The number of hydrogen-bond acceptors (Lipinski definition) is 2. The van der Waals surface area contributed by atoms with Crippen molar-refractivity contribution in [3.8, 4) is 0 Å². The molecule has 0 fully saturated rings. The Morgan fingerprint density at radius 1 is 1.38 bits per heavy atom. The molecule has 0 heterocycles. The molecule has 0 atom stereocenters. The van der Waals surface area contributed by atoms with Crippen molar-refractivity contribution >= 4 is 0 Å². The third-order valence-electron chi connectivity index (χ3n) is 0. The van der Waals surface area contributed by atoms with Crippen LogP contribution in [-0.4, -0.2) is 26.4 Å².